The fourth-order valence-electron chi connectivity index (χ4n) is 2.66. The highest BCUT2D eigenvalue weighted by Gasteiger charge is 2.15. The van der Waals surface area contributed by atoms with Gasteiger partial charge in [0, 0.05) is 5.38 Å². The van der Waals surface area contributed by atoms with Crippen molar-refractivity contribution in [1.29, 1.82) is 0 Å². The summed E-state index contributed by atoms with van der Waals surface area (Å²) >= 11 is 8.17. The Bertz CT molecular complexity index is 275. The molecule has 1 saturated carbocycles. The number of hydrogen-bond donors (Lipinski definition) is 0. The third kappa shape index (κ3) is 4.10. The Labute approximate surface area is 108 Å². The molecule has 2 heteroatoms. The van der Waals surface area contributed by atoms with Crippen LogP contribution >= 0.6 is 22.9 Å². The quantitative estimate of drug-likeness (QED) is 0.631. The molecule has 16 heavy (non-hydrogen) atoms. The SMILES string of the molecule is ClC(CCC1CCCCC1)Cc1ccsc1. The van der Waals surface area contributed by atoms with E-state index >= 15 is 0 Å². The van der Waals surface area contributed by atoms with Crippen LogP contribution in [0.5, 0.6) is 0 Å². The largest absolute Gasteiger partial charge is 0.152 e. The summed E-state index contributed by atoms with van der Waals surface area (Å²) in [5.74, 6) is 0.970. The van der Waals surface area contributed by atoms with Gasteiger partial charge in [0.05, 0.1) is 0 Å². The summed E-state index contributed by atoms with van der Waals surface area (Å²) in [6, 6.07) is 2.20. The van der Waals surface area contributed by atoms with Crippen molar-refractivity contribution >= 4 is 22.9 Å². The van der Waals surface area contributed by atoms with Crippen LogP contribution in [0.4, 0.5) is 0 Å². The fourth-order valence-corrected chi connectivity index (χ4v) is 3.64. The number of thiophene rings is 1. The van der Waals surface area contributed by atoms with E-state index < -0.39 is 0 Å². The van der Waals surface area contributed by atoms with E-state index in [0.717, 1.165) is 12.3 Å². The van der Waals surface area contributed by atoms with Gasteiger partial charge < -0.3 is 0 Å². The van der Waals surface area contributed by atoms with Crippen LogP contribution in [0.25, 0.3) is 0 Å². The van der Waals surface area contributed by atoms with Gasteiger partial charge in [-0.3, -0.25) is 0 Å². The Kier molecular flexibility index (Phi) is 5.18. The third-order valence-corrected chi connectivity index (χ3v) is 4.75. The number of hydrogen-bond acceptors (Lipinski definition) is 1. The second kappa shape index (κ2) is 6.66. The lowest BCUT2D eigenvalue weighted by atomic mass is 9.85. The fraction of sp³-hybridized carbons (Fsp3) is 0.714. The molecule has 1 aromatic heterocycles. The molecule has 0 saturated heterocycles. The first-order chi connectivity index (χ1) is 7.84. The molecule has 0 bridgehead atoms. The molecule has 90 valence electrons. The molecule has 0 amide bonds. The minimum Gasteiger partial charge on any atom is -0.152 e. The molecule has 0 nitrogen and oxygen atoms in total. The molecular formula is C14H21ClS. The zero-order chi connectivity index (χ0) is 11.2. The van der Waals surface area contributed by atoms with Crippen molar-refractivity contribution in [2.75, 3.05) is 0 Å². The summed E-state index contributed by atoms with van der Waals surface area (Å²) in [4.78, 5) is 0. The Morgan fingerprint density at radius 3 is 2.81 bits per heavy atom. The zero-order valence-electron chi connectivity index (χ0n) is 9.83. The van der Waals surface area contributed by atoms with Gasteiger partial charge in [-0.2, -0.15) is 11.3 Å². The monoisotopic (exact) mass is 256 g/mol. The van der Waals surface area contributed by atoms with E-state index in [4.69, 9.17) is 11.6 Å². The van der Waals surface area contributed by atoms with Gasteiger partial charge in [-0.05, 0) is 47.6 Å². The smallest absolute Gasteiger partial charge is 0.0376 e. The molecule has 0 radical (unpaired) electrons. The van der Waals surface area contributed by atoms with E-state index in [9.17, 15) is 0 Å². The van der Waals surface area contributed by atoms with Crippen LogP contribution in [0.3, 0.4) is 0 Å². The molecular weight excluding hydrogens is 236 g/mol. The van der Waals surface area contributed by atoms with Gasteiger partial charge in [0.1, 0.15) is 0 Å². The van der Waals surface area contributed by atoms with Gasteiger partial charge in [-0.15, -0.1) is 11.6 Å². The topological polar surface area (TPSA) is 0 Å². The molecule has 1 aliphatic carbocycles. The Hall–Kier alpha value is -0.0100. The first-order valence-electron chi connectivity index (χ1n) is 6.50. The molecule has 0 spiro atoms. The van der Waals surface area contributed by atoms with Gasteiger partial charge in [-0.1, -0.05) is 32.1 Å². The Morgan fingerprint density at radius 2 is 2.12 bits per heavy atom. The Morgan fingerprint density at radius 1 is 1.31 bits per heavy atom. The number of alkyl halides is 1. The molecule has 1 fully saturated rings. The van der Waals surface area contributed by atoms with E-state index in [0.29, 0.717) is 5.38 Å². The second-order valence-electron chi connectivity index (χ2n) is 5.01. The summed E-state index contributed by atoms with van der Waals surface area (Å²) in [6.07, 6.45) is 10.8. The van der Waals surface area contributed by atoms with Crippen molar-refractivity contribution in [3.05, 3.63) is 22.4 Å². The van der Waals surface area contributed by atoms with Gasteiger partial charge in [0.2, 0.25) is 0 Å². The molecule has 1 aliphatic rings. The maximum absolute atomic E-state index is 6.40. The van der Waals surface area contributed by atoms with Gasteiger partial charge in [0.25, 0.3) is 0 Å². The summed E-state index contributed by atoms with van der Waals surface area (Å²) in [5.41, 5.74) is 1.41. The molecule has 1 unspecified atom stereocenters. The molecule has 0 aliphatic heterocycles. The molecule has 0 N–H and O–H groups in total. The molecule has 1 aromatic rings. The van der Waals surface area contributed by atoms with Crippen LogP contribution in [-0.2, 0) is 6.42 Å². The van der Waals surface area contributed by atoms with Crippen LogP contribution < -0.4 is 0 Å². The van der Waals surface area contributed by atoms with Crippen LogP contribution in [-0.4, -0.2) is 5.38 Å². The van der Waals surface area contributed by atoms with Crippen molar-refractivity contribution < 1.29 is 0 Å². The van der Waals surface area contributed by atoms with E-state index in [1.165, 1.54) is 50.5 Å². The van der Waals surface area contributed by atoms with Crippen LogP contribution in [0, 0.1) is 5.92 Å². The van der Waals surface area contributed by atoms with Crippen molar-refractivity contribution in [1.82, 2.24) is 0 Å². The average Bonchev–Trinajstić information content (AvgIpc) is 2.81. The Balaban J connectivity index is 1.65. The lowest BCUT2D eigenvalue weighted by Gasteiger charge is -2.22. The normalized spacial score (nSPS) is 19.8. The van der Waals surface area contributed by atoms with Gasteiger partial charge >= 0.3 is 0 Å². The van der Waals surface area contributed by atoms with Crippen LogP contribution in [0.2, 0.25) is 0 Å². The third-order valence-electron chi connectivity index (χ3n) is 3.65. The van der Waals surface area contributed by atoms with E-state index in [1.807, 2.05) is 0 Å². The highest BCUT2D eigenvalue weighted by molar-refractivity contribution is 7.07. The van der Waals surface area contributed by atoms with Crippen molar-refractivity contribution in [3.8, 4) is 0 Å². The number of halogens is 1. The highest BCUT2D eigenvalue weighted by Crippen LogP contribution is 2.29. The first kappa shape index (κ1) is 12.4. The van der Waals surface area contributed by atoms with E-state index in [1.54, 1.807) is 11.3 Å². The molecule has 2 rings (SSSR count). The van der Waals surface area contributed by atoms with Gasteiger partial charge in [0.15, 0.2) is 0 Å². The predicted molar refractivity (Wildman–Crippen MR) is 73.5 cm³/mol. The number of rotatable bonds is 5. The molecule has 0 aromatic carbocycles. The lowest BCUT2D eigenvalue weighted by molar-refractivity contribution is 0.330. The van der Waals surface area contributed by atoms with E-state index in [-0.39, 0.29) is 0 Å². The van der Waals surface area contributed by atoms with Crippen LogP contribution in [0.1, 0.15) is 50.5 Å². The molecule has 1 atom stereocenters. The lowest BCUT2D eigenvalue weighted by Crippen LogP contribution is -2.10. The minimum absolute atomic E-state index is 0.344. The first-order valence-corrected chi connectivity index (χ1v) is 7.87. The maximum atomic E-state index is 6.40. The van der Waals surface area contributed by atoms with Crippen molar-refractivity contribution in [2.24, 2.45) is 5.92 Å². The van der Waals surface area contributed by atoms with Gasteiger partial charge in [-0.25, -0.2) is 0 Å². The van der Waals surface area contributed by atoms with Crippen molar-refractivity contribution in [3.63, 3.8) is 0 Å². The van der Waals surface area contributed by atoms with E-state index in [2.05, 4.69) is 16.8 Å². The minimum atomic E-state index is 0.344. The molecule has 1 heterocycles. The maximum Gasteiger partial charge on any atom is 0.0376 e. The summed E-state index contributed by atoms with van der Waals surface area (Å²) in [6.45, 7) is 0. The standard InChI is InChI=1S/C14H21ClS/c15-14(10-13-8-9-16-11-13)7-6-12-4-2-1-3-5-12/h8-9,11-12,14H,1-7,10H2. The highest BCUT2D eigenvalue weighted by atomic mass is 35.5. The zero-order valence-corrected chi connectivity index (χ0v) is 11.4. The van der Waals surface area contributed by atoms with Crippen LogP contribution in [0.15, 0.2) is 16.8 Å². The summed E-state index contributed by atoms with van der Waals surface area (Å²) < 4.78 is 0. The van der Waals surface area contributed by atoms with Crippen molar-refractivity contribution in [2.45, 2.75) is 56.7 Å². The predicted octanol–water partition coefficient (Wildman–Crippen LogP) is 5.26. The summed E-state index contributed by atoms with van der Waals surface area (Å²) in [7, 11) is 0. The second-order valence-corrected chi connectivity index (χ2v) is 6.41. The average molecular weight is 257 g/mol. The summed E-state index contributed by atoms with van der Waals surface area (Å²) in [5, 5.41) is 4.70.